The van der Waals surface area contributed by atoms with Crippen LogP contribution >= 0.6 is 0 Å². The third-order valence-electron chi connectivity index (χ3n) is 3.75. The molecular formula is C14H22O4. The second-order valence-corrected chi connectivity index (χ2v) is 6.02. The van der Waals surface area contributed by atoms with E-state index < -0.39 is 16.8 Å². The van der Waals surface area contributed by atoms with Crippen LogP contribution < -0.4 is 0 Å². The van der Waals surface area contributed by atoms with Gasteiger partial charge >= 0.3 is 5.97 Å². The van der Waals surface area contributed by atoms with Crippen LogP contribution in [0.5, 0.6) is 0 Å². The minimum Gasteiger partial charge on any atom is -0.464 e. The number of ether oxygens (including phenoxy) is 1. The molecule has 1 saturated carbocycles. The van der Waals surface area contributed by atoms with Crippen LogP contribution in [0.3, 0.4) is 0 Å². The van der Waals surface area contributed by atoms with Crippen LogP contribution in [-0.4, -0.2) is 24.1 Å². The number of esters is 1. The second kappa shape index (κ2) is 5.21. The van der Waals surface area contributed by atoms with E-state index >= 15 is 0 Å². The Kier molecular flexibility index (Phi) is 4.30. The van der Waals surface area contributed by atoms with Gasteiger partial charge in [0.15, 0.2) is 5.78 Å². The number of Topliss-reactive ketones (excluding diaryl/α,β-unsaturated/α-hetero) is 2. The molecule has 4 heteroatoms. The Morgan fingerprint density at radius 2 is 1.94 bits per heavy atom. The van der Waals surface area contributed by atoms with E-state index in [2.05, 4.69) is 0 Å². The van der Waals surface area contributed by atoms with Gasteiger partial charge in [-0.3, -0.25) is 14.4 Å². The number of rotatable bonds is 4. The molecule has 1 fully saturated rings. The van der Waals surface area contributed by atoms with Gasteiger partial charge in [-0.15, -0.1) is 0 Å². The third kappa shape index (κ3) is 2.62. The Bertz CT molecular complexity index is 364. The molecular weight excluding hydrogens is 232 g/mol. The third-order valence-corrected chi connectivity index (χ3v) is 3.75. The SMILES string of the molecule is CC(=O)CCOC(=O)[C@]1(C(C)(C)C)CCCC1=O. The van der Waals surface area contributed by atoms with Gasteiger partial charge in [0.1, 0.15) is 11.2 Å². The highest BCUT2D eigenvalue weighted by molar-refractivity contribution is 6.06. The molecule has 1 aliphatic rings. The average molecular weight is 254 g/mol. The van der Waals surface area contributed by atoms with Gasteiger partial charge in [0.2, 0.25) is 0 Å². The lowest BCUT2D eigenvalue weighted by molar-refractivity contribution is -0.166. The monoisotopic (exact) mass is 254 g/mol. The summed E-state index contributed by atoms with van der Waals surface area (Å²) in [5.74, 6) is -0.507. The minimum atomic E-state index is -1.02. The highest BCUT2D eigenvalue weighted by atomic mass is 16.5. The molecule has 0 spiro atoms. The van der Waals surface area contributed by atoms with Crippen molar-refractivity contribution in [1.29, 1.82) is 0 Å². The number of ketones is 2. The molecule has 1 aliphatic carbocycles. The highest BCUT2D eigenvalue weighted by Crippen LogP contribution is 2.49. The molecule has 0 bridgehead atoms. The molecule has 1 atom stereocenters. The number of hydrogen-bond donors (Lipinski definition) is 0. The summed E-state index contributed by atoms with van der Waals surface area (Å²) in [5, 5.41) is 0. The van der Waals surface area contributed by atoms with Crippen molar-refractivity contribution >= 4 is 17.5 Å². The largest absolute Gasteiger partial charge is 0.464 e. The maximum absolute atomic E-state index is 12.3. The summed E-state index contributed by atoms with van der Waals surface area (Å²) in [4.78, 5) is 35.2. The number of carbonyl (C=O) groups excluding carboxylic acids is 3. The van der Waals surface area contributed by atoms with Gasteiger partial charge in [-0.2, -0.15) is 0 Å². The Labute approximate surface area is 108 Å². The Morgan fingerprint density at radius 3 is 2.33 bits per heavy atom. The molecule has 0 saturated heterocycles. The predicted molar refractivity (Wildman–Crippen MR) is 67.0 cm³/mol. The van der Waals surface area contributed by atoms with Gasteiger partial charge in [0.05, 0.1) is 6.61 Å². The molecule has 4 nitrogen and oxygen atoms in total. The first kappa shape index (κ1) is 14.9. The van der Waals surface area contributed by atoms with Crippen LogP contribution in [0.2, 0.25) is 0 Å². The fourth-order valence-corrected chi connectivity index (χ4v) is 2.59. The van der Waals surface area contributed by atoms with Crippen molar-refractivity contribution in [3.05, 3.63) is 0 Å². The Morgan fingerprint density at radius 1 is 1.33 bits per heavy atom. The summed E-state index contributed by atoms with van der Waals surface area (Å²) in [5.41, 5.74) is -1.47. The summed E-state index contributed by atoms with van der Waals surface area (Å²) >= 11 is 0. The Balaban J connectivity index is 2.82. The topological polar surface area (TPSA) is 60.4 Å². The lowest BCUT2D eigenvalue weighted by atomic mass is 9.65. The van der Waals surface area contributed by atoms with E-state index in [9.17, 15) is 14.4 Å². The molecule has 0 aliphatic heterocycles. The quantitative estimate of drug-likeness (QED) is 0.570. The highest BCUT2D eigenvalue weighted by Gasteiger charge is 2.57. The lowest BCUT2D eigenvalue weighted by Gasteiger charge is -2.37. The van der Waals surface area contributed by atoms with Gasteiger partial charge in [-0.1, -0.05) is 20.8 Å². The molecule has 0 heterocycles. The van der Waals surface area contributed by atoms with Crippen molar-refractivity contribution < 1.29 is 19.1 Å². The van der Waals surface area contributed by atoms with Crippen LogP contribution in [-0.2, 0) is 19.1 Å². The summed E-state index contributed by atoms with van der Waals surface area (Å²) < 4.78 is 5.16. The predicted octanol–water partition coefficient (Wildman–Crippen LogP) is 2.29. The van der Waals surface area contributed by atoms with Crippen molar-refractivity contribution in [2.75, 3.05) is 6.61 Å². The summed E-state index contributed by atoms with van der Waals surface area (Å²) in [7, 11) is 0. The van der Waals surface area contributed by atoms with Gasteiger partial charge in [0.25, 0.3) is 0 Å². The zero-order valence-electron chi connectivity index (χ0n) is 11.7. The minimum absolute atomic E-state index is 0.0228. The zero-order valence-corrected chi connectivity index (χ0v) is 11.7. The summed E-state index contributed by atoms with van der Waals surface area (Å²) in [6, 6.07) is 0. The van der Waals surface area contributed by atoms with Crippen LogP contribution in [0.25, 0.3) is 0 Å². The van der Waals surface area contributed by atoms with Crippen LogP contribution in [0.4, 0.5) is 0 Å². The van der Waals surface area contributed by atoms with E-state index in [1.165, 1.54) is 6.92 Å². The van der Waals surface area contributed by atoms with E-state index in [1.54, 1.807) is 0 Å². The summed E-state index contributed by atoms with van der Waals surface area (Å²) in [6.45, 7) is 7.20. The smallest absolute Gasteiger partial charge is 0.320 e. The number of hydrogen-bond acceptors (Lipinski definition) is 4. The molecule has 0 unspecified atom stereocenters. The second-order valence-electron chi connectivity index (χ2n) is 6.02. The molecule has 102 valence electrons. The standard InChI is InChI=1S/C14H22O4/c1-10(15)7-9-18-12(17)14(13(2,3)4)8-5-6-11(14)16/h5-9H2,1-4H3/t14-/m0/s1. The molecule has 0 aromatic rings. The molecule has 0 aromatic carbocycles. The van der Waals surface area contributed by atoms with Crippen LogP contribution in [0, 0.1) is 10.8 Å². The molecule has 0 aromatic heterocycles. The first-order valence-corrected chi connectivity index (χ1v) is 6.42. The van der Waals surface area contributed by atoms with Crippen molar-refractivity contribution in [3.63, 3.8) is 0 Å². The molecule has 18 heavy (non-hydrogen) atoms. The van der Waals surface area contributed by atoms with Crippen LogP contribution in [0.15, 0.2) is 0 Å². The summed E-state index contributed by atoms with van der Waals surface area (Å²) in [6.07, 6.45) is 1.94. The van der Waals surface area contributed by atoms with E-state index in [4.69, 9.17) is 4.74 Å². The maximum atomic E-state index is 12.3. The van der Waals surface area contributed by atoms with Gasteiger partial charge in [-0.25, -0.2) is 0 Å². The van der Waals surface area contributed by atoms with E-state index in [-0.39, 0.29) is 24.6 Å². The van der Waals surface area contributed by atoms with Crippen molar-refractivity contribution in [2.24, 2.45) is 10.8 Å². The van der Waals surface area contributed by atoms with E-state index in [1.807, 2.05) is 20.8 Å². The normalized spacial score (nSPS) is 24.1. The first-order chi connectivity index (χ1) is 8.22. The first-order valence-electron chi connectivity index (χ1n) is 6.42. The number of carbonyl (C=O) groups is 3. The van der Waals surface area contributed by atoms with Gasteiger partial charge in [0, 0.05) is 12.8 Å². The van der Waals surface area contributed by atoms with E-state index in [0.717, 1.165) is 6.42 Å². The Hall–Kier alpha value is -1.19. The van der Waals surface area contributed by atoms with Crippen molar-refractivity contribution in [3.8, 4) is 0 Å². The average Bonchev–Trinajstić information content (AvgIpc) is 2.59. The molecule has 0 N–H and O–H groups in total. The fourth-order valence-electron chi connectivity index (χ4n) is 2.59. The fraction of sp³-hybridized carbons (Fsp3) is 0.786. The van der Waals surface area contributed by atoms with E-state index in [0.29, 0.717) is 12.8 Å². The van der Waals surface area contributed by atoms with Gasteiger partial charge < -0.3 is 4.74 Å². The molecule has 0 amide bonds. The lowest BCUT2D eigenvalue weighted by Crippen LogP contribution is -2.47. The van der Waals surface area contributed by atoms with Gasteiger partial charge in [-0.05, 0) is 25.2 Å². The zero-order chi connectivity index (χ0) is 14.0. The molecule has 0 radical (unpaired) electrons. The van der Waals surface area contributed by atoms with Crippen molar-refractivity contribution in [2.45, 2.75) is 53.4 Å². The van der Waals surface area contributed by atoms with Crippen molar-refractivity contribution in [1.82, 2.24) is 0 Å². The molecule has 1 rings (SSSR count). The maximum Gasteiger partial charge on any atom is 0.320 e. The van der Waals surface area contributed by atoms with Crippen LogP contribution in [0.1, 0.15) is 53.4 Å².